The summed E-state index contributed by atoms with van der Waals surface area (Å²) in [6.07, 6.45) is 8.51. The molecule has 4 N–H and O–H groups in total. The van der Waals surface area contributed by atoms with Gasteiger partial charge in [-0.1, -0.05) is 18.1 Å². The molecule has 0 bridgehead atoms. The highest BCUT2D eigenvalue weighted by molar-refractivity contribution is 5.99. The van der Waals surface area contributed by atoms with E-state index in [1.165, 1.54) is 6.20 Å². The molecule has 1 fully saturated rings. The Morgan fingerprint density at radius 3 is 2.59 bits per heavy atom. The van der Waals surface area contributed by atoms with Crippen molar-refractivity contribution in [2.75, 3.05) is 24.3 Å². The Labute approximate surface area is 264 Å². The van der Waals surface area contributed by atoms with Crippen LogP contribution in [0.1, 0.15) is 56.3 Å². The summed E-state index contributed by atoms with van der Waals surface area (Å²) in [5.74, 6) is 3.01. The van der Waals surface area contributed by atoms with Crippen LogP contribution in [0.25, 0.3) is 21.7 Å². The van der Waals surface area contributed by atoms with Crippen LogP contribution < -0.4 is 26.3 Å². The van der Waals surface area contributed by atoms with Gasteiger partial charge < -0.3 is 20.8 Å². The van der Waals surface area contributed by atoms with Gasteiger partial charge in [0.1, 0.15) is 6.07 Å². The molecule has 1 aliphatic heterocycles. The van der Waals surface area contributed by atoms with E-state index < -0.39 is 24.2 Å². The summed E-state index contributed by atoms with van der Waals surface area (Å²) in [6, 6.07) is 12.9. The van der Waals surface area contributed by atoms with Crippen molar-refractivity contribution in [1.29, 1.82) is 5.26 Å². The van der Waals surface area contributed by atoms with E-state index in [1.807, 2.05) is 30.5 Å². The minimum absolute atomic E-state index is 0.00974. The molecule has 0 saturated heterocycles. The Hall–Kier alpha value is -5.20. The molecular formula is C34H33F3N8O. The maximum Gasteiger partial charge on any atom is 0.395 e. The molecule has 4 aromatic rings. The van der Waals surface area contributed by atoms with Crippen LogP contribution in [0.5, 0.6) is 5.88 Å². The third-order valence-corrected chi connectivity index (χ3v) is 8.80. The molecule has 0 spiro atoms. The van der Waals surface area contributed by atoms with Crippen LogP contribution in [-0.4, -0.2) is 40.3 Å². The van der Waals surface area contributed by atoms with E-state index in [0.717, 1.165) is 48.7 Å². The summed E-state index contributed by atoms with van der Waals surface area (Å²) in [4.78, 5) is 8.78. The Bertz CT molecular complexity index is 1950. The number of anilines is 2. The minimum Gasteiger partial charge on any atom is -0.481 e. The number of hydrazine groups is 2. The standard InChI is InChI=1S/C34H33F3N8O/c1-6-20-17-40-29-21(16-38)14-22(15-26(29)28(20)41-19-32(2,3)34(35,36)37)42-30(27-18-45(44-43-27)33(4)11-12-33)24-8-7-9-25-23(24)10-13-39-31(25)46-5/h1,7-10,13-15,17-18,30,42-44H,11-12,19H2,2-5H3,(H,40,41)/t30-/m0/s1. The second-order valence-electron chi connectivity index (χ2n) is 12.5. The zero-order valence-corrected chi connectivity index (χ0v) is 25.8. The fourth-order valence-electron chi connectivity index (χ4n) is 5.48. The monoisotopic (exact) mass is 626 g/mol. The first-order valence-electron chi connectivity index (χ1n) is 14.7. The lowest BCUT2D eigenvalue weighted by Crippen LogP contribution is -2.43. The van der Waals surface area contributed by atoms with Gasteiger partial charge in [0.2, 0.25) is 5.88 Å². The third-order valence-electron chi connectivity index (χ3n) is 8.80. The number of benzene rings is 2. The number of nitriles is 1. The van der Waals surface area contributed by atoms with Crippen molar-refractivity contribution in [1.82, 2.24) is 25.9 Å². The van der Waals surface area contributed by atoms with Crippen LogP contribution >= 0.6 is 0 Å². The number of methoxy groups -OCH3 is 1. The van der Waals surface area contributed by atoms with E-state index in [1.54, 1.807) is 25.4 Å². The molecule has 6 rings (SSSR count). The topological polar surface area (TPSA) is 110 Å². The van der Waals surface area contributed by atoms with Gasteiger partial charge in [-0.05, 0) is 68.8 Å². The molecule has 2 aliphatic rings. The number of halogens is 3. The van der Waals surface area contributed by atoms with Gasteiger partial charge in [-0.25, -0.2) is 4.98 Å². The van der Waals surface area contributed by atoms with Crippen molar-refractivity contribution in [3.63, 3.8) is 0 Å². The van der Waals surface area contributed by atoms with Crippen molar-refractivity contribution < 1.29 is 17.9 Å². The summed E-state index contributed by atoms with van der Waals surface area (Å²) in [5, 5.41) is 20.9. The van der Waals surface area contributed by atoms with Gasteiger partial charge in [-0.3, -0.25) is 9.99 Å². The number of fused-ring (bicyclic) bond motifs is 2. The molecule has 2 aromatic heterocycles. The fourth-order valence-corrected chi connectivity index (χ4v) is 5.48. The summed E-state index contributed by atoms with van der Waals surface area (Å²) >= 11 is 0. The number of aromatic nitrogens is 2. The molecule has 3 heterocycles. The number of hydrogen-bond acceptors (Lipinski definition) is 9. The fraction of sp³-hybridized carbons (Fsp3) is 0.324. The number of nitrogens with one attached hydrogen (secondary N) is 4. The van der Waals surface area contributed by atoms with Gasteiger partial charge >= 0.3 is 6.18 Å². The molecule has 1 atom stereocenters. The Balaban J connectivity index is 1.49. The van der Waals surface area contributed by atoms with Crippen LogP contribution in [0, 0.1) is 29.1 Å². The minimum atomic E-state index is -4.45. The third kappa shape index (κ3) is 5.46. The van der Waals surface area contributed by atoms with Gasteiger partial charge in [-0.15, -0.1) is 12.0 Å². The van der Waals surface area contributed by atoms with Crippen molar-refractivity contribution in [3.8, 4) is 24.3 Å². The van der Waals surface area contributed by atoms with Crippen molar-refractivity contribution in [2.24, 2.45) is 5.41 Å². The van der Waals surface area contributed by atoms with Gasteiger partial charge in [0.05, 0.1) is 52.1 Å². The Morgan fingerprint density at radius 2 is 1.91 bits per heavy atom. The second kappa shape index (κ2) is 11.3. The Morgan fingerprint density at radius 1 is 1.13 bits per heavy atom. The first-order chi connectivity index (χ1) is 21.9. The maximum absolute atomic E-state index is 13.8. The van der Waals surface area contributed by atoms with Crippen LogP contribution in [0.3, 0.4) is 0 Å². The number of terminal acetylenes is 1. The average Bonchev–Trinajstić information content (AvgIpc) is 3.59. The number of alkyl halides is 3. The first kappa shape index (κ1) is 30.8. The maximum atomic E-state index is 13.8. The van der Waals surface area contributed by atoms with Gasteiger partial charge in [0, 0.05) is 41.6 Å². The van der Waals surface area contributed by atoms with Gasteiger partial charge in [0.15, 0.2) is 0 Å². The molecule has 46 heavy (non-hydrogen) atoms. The Kier molecular flexibility index (Phi) is 7.57. The van der Waals surface area contributed by atoms with Crippen LogP contribution in [0.15, 0.2) is 60.7 Å². The molecular weight excluding hydrogens is 593 g/mol. The zero-order chi connectivity index (χ0) is 32.9. The molecule has 1 aliphatic carbocycles. The van der Waals surface area contributed by atoms with E-state index >= 15 is 0 Å². The molecule has 0 amide bonds. The van der Waals surface area contributed by atoms with Crippen molar-refractivity contribution in [2.45, 2.75) is 51.4 Å². The first-order valence-corrected chi connectivity index (χ1v) is 14.7. The molecule has 12 heteroatoms. The highest BCUT2D eigenvalue weighted by Crippen LogP contribution is 2.43. The summed E-state index contributed by atoms with van der Waals surface area (Å²) in [5.41, 5.74) is 7.93. The van der Waals surface area contributed by atoms with E-state index in [9.17, 15) is 18.4 Å². The van der Waals surface area contributed by atoms with Gasteiger partial charge in [0.25, 0.3) is 0 Å². The molecule has 0 radical (unpaired) electrons. The van der Waals surface area contributed by atoms with E-state index in [4.69, 9.17) is 11.2 Å². The lowest BCUT2D eigenvalue weighted by molar-refractivity contribution is -0.206. The zero-order valence-electron chi connectivity index (χ0n) is 25.8. The normalized spacial score (nSPS) is 16.3. The van der Waals surface area contributed by atoms with Crippen molar-refractivity contribution in [3.05, 3.63) is 77.4 Å². The quantitative estimate of drug-likeness (QED) is 0.155. The van der Waals surface area contributed by atoms with E-state index in [-0.39, 0.29) is 16.7 Å². The highest BCUT2D eigenvalue weighted by Gasteiger charge is 2.47. The summed E-state index contributed by atoms with van der Waals surface area (Å²) < 4.78 is 46.8. The largest absolute Gasteiger partial charge is 0.481 e. The number of rotatable bonds is 9. The van der Waals surface area contributed by atoms with Crippen molar-refractivity contribution >= 4 is 33.1 Å². The number of hydrogen-bond donors (Lipinski definition) is 4. The molecule has 2 aromatic carbocycles. The molecule has 236 valence electrons. The SMILES string of the molecule is C#Cc1cnc2c(C#N)cc(N[C@H](C3=CN(C4(C)CC4)NN3)c3cccc4c(OC)nccc34)cc2c1NCC(C)(C)C(F)(F)F. The highest BCUT2D eigenvalue weighted by atomic mass is 19.4. The summed E-state index contributed by atoms with van der Waals surface area (Å²) in [7, 11) is 1.57. The van der Waals surface area contributed by atoms with Crippen LogP contribution in [0.4, 0.5) is 24.5 Å². The van der Waals surface area contributed by atoms with E-state index in [0.29, 0.717) is 28.2 Å². The predicted octanol–water partition coefficient (Wildman–Crippen LogP) is 6.52. The lowest BCUT2D eigenvalue weighted by Gasteiger charge is -2.29. The van der Waals surface area contributed by atoms with Gasteiger partial charge in [-0.2, -0.15) is 18.4 Å². The number of pyridine rings is 2. The number of nitrogens with zero attached hydrogens (tertiary/aromatic N) is 4. The molecule has 0 unspecified atom stereocenters. The number of ether oxygens (including phenoxy) is 1. The lowest BCUT2D eigenvalue weighted by atomic mass is 9.92. The van der Waals surface area contributed by atoms with E-state index in [2.05, 4.69) is 55.5 Å². The smallest absolute Gasteiger partial charge is 0.395 e. The predicted molar refractivity (Wildman–Crippen MR) is 171 cm³/mol. The van der Waals surface area contributed by atoms with Crippen LogP contribution in [0.2, 0.25) is 0 Å². The van der Waals surface area contributed by atoms with Crippen LogP contribution in [-0.2, 0) is 0 Å². The second-order valence-corrected chi connectivity index (χ2v) is 12.5. The molecule has 1 saturated carbocycles. The average molecular weight is 627 g/mol. The molecule has 9 nitrogen and oxygen atoms in total. The summed E-state index contributed by atoms with van der Waals surface area (Å²) in [6.45, 7) is 3.97.